The summed E-state index contributed by atoms with van der Waals surface area (Å²) >= 11 is 14.5. The number of hydrogen-bond donors (Lipinski definition) is 2. The van der Waals surface area contributed by atoms with Gasteiger partial charge < -0.3 is 0 Å². The maximum absolute atomic E-state index is 5.47. The van der Waals surface area contributed by atoms with Crippen molar-refractivity contribution in [3.05, 3.63) is 71.8 Å². The second kappa shape index (κ2) is 6.96. The van der Waals surface area contributed by atoms with Crippen LogP contribution in [0.1, 0.15) is 11.1 Å². The van der Waals surface area contributed by atoms with Crippen LogP contribution in [0.2, 0.25) is 0 Å². The summed E-state index contributed by atoms with van der Waals surface area (Å²) in [5, 5.41) is 0. The Morgan fingerprint density at radius 3 is 1.47 bits per heavy atom. The molecular formula is C14H16NPS3. The minimum Gasteiger partial charge on any atom is -0.251 e. The van der Waals surface area contributed by atoms with Crippen molar-refractivity contribution < 1.29 is 0 Å². The first-order valence-electron chi connectivity index (χ1n) is 5.94. The number of hydrogen-bond acceptors (Lipinski definition) is 1. The van der Waals surface area contributed by atoms with Gasteiger partial charge in [-0.2, -0.15) is 0 Å². The molecule has 0 saturated carbocycles. The van der Waals surface area contributed by atoms with Crippen molar-refractivity contribution in [2.75, 3.05) is 0 Å². The van der Waals surface area contributed by atoms with Crippen LogP contribution in [0.5, 0.6) is 0 Å². The van der Waals surface area contributed by atoms with E-state index in [-0.39, 0.29) is 0 Å². The summed E-state index contributed by atoms with van der Waals surface area (Å²) in [6.45, 7) is 1.56. The van der Waals surface area contributed by atoms with E-state index in [0.29, 0.717) is 0 Å². The molecule has 5 heteroatoms. The molecule has 0 aromatic heterocycles. The van der Waals surface area contributed by atoms with Crippen LogP contribution in [0.4, 0.5) is 0 Å². The molecule has 0 bridgehead atoms. The Bertz CT molecular complexity index is 512. The second-order valence-electron chi connectivity index (χ2n) is 4.31. The largest absolute Gasteiger partial charge is 0.251 e. The highest BCUT2D eigenvalue weighted by atomic mass is 33.2. The minimum absolute atomic E-state index is 0.778. The predicted octanol–water partition coefficient (Wildman–Crippen LogP) is 4.77. The van der Waals surface area contributed by atoms with E-state index in [2.05, 4.69) is 53.4 Å². The molecule has 0 saturated heterocycles. The van der Waals surface area contributed by atoms with E-state index < -0.39 is 4.59 Å². The first kappa shape index (κ1) is 15.1. The fraction of sp³-hybridized carbons (Fsp3) is 0.143. The molecule has 0 unspecified atom stereocenters. The van der Waals surface area contributed by atoms with Crippen molar-refractivity contribution in [3.63, 3.8) is 0 Å². The minimum atomic E-state index is -2.05. The van der Waals surface area contributed by atoms with Crippen molar-refractivity contribution in [1.82, 2.24) is 4.67 Å². The molecule has 0 aliphatic heterocycles. The monoisotopic (exact) mass is 325 g/mol. The van der Waals surface area contributed by atoms with E-state index in [4.69, 9.17) is 11.8 Å². The molecule has 0 heterocycles. The molecule has 100 valence electrons. The average molecular weight is 325 g/mol. The lowest BCUT2D eigenvalue weighted by atomic mass is 10.2. The van der Waals surface area contributed by atoms with Crippen LogP contribution in [0.25, 0.3) is 0 Å². The van der Waals surface area contributed by atoms with Gasteiger partial charge in [-0.25, -0.2) is 0 Å². The first-order chi connectivity index (χ1) is 9.05. The molecule has 0 radical (unpaired) electrons. The van der Waals surface area contributed by atoms with Crippen LogP contribution < -0.4 is 0 Å². The zero-order chi connectivity index (χ0) is 13.7. The SMILES string of the molecule is S=P(S)(S)N(Cc1ccccc1)Cc1ccccc1. The standard InChI is InChI=1S/C14H16NPS3/c17-16(18,19)15(11-13-7-3-1-4-8-13)12-14-9-5-2-6-10-14/h1-10H,11-12H2,(H2,17,18,19). The fourth-order valence-electron chi connectivity index (χ4n) is 1.83. The third-order valence-corrected chi connectivity index (χ3v) is 6.01. The summed E-state index contributed by atoms with van der Waals surface area (Å²) < 4.78 is 0.115. The molecule has 0 fully saturated rings. The fourth-order valence-corrected chi connectivity index (χ4v) is 3.63. The molecule has 0 amide bonds. The van der Waals surface area contributed by atoms with Crippen LogP contribution in [0.3, 0.4) is 0 Å². The Hall–Kier alpha value is -0.250. The van der Waals surface area contributed by atoms with Crippen LogP contribution >= 0.6 is 29.1 Å². The Labute approximate surface area is 130 Å². The van der Waals surface area contributed by atoms with Gasteiger partial charge in [-0.1, -0.05) is 72.5 Å². The van der Waals surface area contributed by atoms with Gasteiger partial charge in [0.1, 0.15) is 4.59 Å². The van der Waals surface area contributed by atoms with E-state index in [0.717, 1.165) is 13.1 Å². The van der Waals surface area contributed by atoms with Crippen molar-refractivity contribution in [2.24, 2.45) is 0 Å². The van der Waals surface area contributed by atoms with Crippen molar-refractivity contribution >= 4 is 40.9 Å². The zero-order valence-corrected chi connectivity index (χ0v) is 13.9. The summed E-state index contributed by atoms with van der Waals surface area (Å²) in [6.07, 6.45) is 0. The highest BCUT2D eigenvalue weighted by Gasteiger charge is 2.18. The first-order valence-corrected chi connectivity index (χ1v) is 11.0. The summed E-state index contributed by atoms with van der Waals surface area (Å²) in [5.74, 6) is 0. The Morgan fingerprint density at radius 1 is 0.789 bits per heavy atom. The van der Waals surface area contributed by atoms with E-state index in [1.54, 1.807) is 0 Å². The molecule has 2 aromatic carbocycles. The lowest BCUT2D eigenvalue weighted by Crippen LogP contribution is -2.15. The Kier molecular flexibility index (Phi) is 5.55. The molecule has 0 N–H and O–H groups in total. The Morgan fingerprint density at radius 2 is 1.16 bits per heavy atom. The molecule has 1 nitrogen and oxygen atoms in total. The molecule has 0 spiro atoms. The number of thiol groups is 2. The summed E-state index contributed by atoms with van der Waals surface area (Å²) in [4.78, 5) is 0. The van der Waals surface area contributed by atoms with Gasteiger partial charge in [0, 0.05) is 13.1 Å². The summed E-state index contributed by atoms with van der Waals surface area (Å²) in [7, 11) is 0. The molecule has 0 aliphatic carbocycles. The lowest BCUT2D eigenvalue weighted by Gasteiger charge is -2.28. The molecular weight excluding hydrogens is 309 g/mol. The lowest BCUT2D eigenvalue weighted by molar-refractivity contribution is 0.456. The van der Waals surface area contributed by atoms with Gasteiger partial charge in [0.15, 0.2) is 0 Å². The van der Waals surface area contributed by atoms with Gasteiger partial charge in [-0.15, -0.1) is 24.5 Å². The topological polar surface area (TPSA) is 3.24 Å². The van der Waals surface area contributed by atoms with E-state index >= 15 is 0 Å². The summed E-state index contributed by atoms with van der Waals surface area (Å²) in [5.41, 5.74) is 2.46. The quantitative estimate of drug-likeness (QED) is 0.602. The average Bonchev–Trinajstić information content (AvgIpc) is 2.39. The predicted molar refractivity (Wildman–Crippen MR) is 94.4 cm³/mol. The van der Waals surface area contributed by atoms with Crippen LogP contribution in [0, 0.1) is 0 Å². The Balaban J connectivity index is 2.16. The van der Waals surface area contributed by atoms with Gasteiger partial charge in [0.25, 0.3) is 0 Å². The maximum atomic E-state index is 5.47. The van der Waals surface area contributed by atoms with Crippen LogP contribution in [-0.4, -0.2) is 4.67 Å². The van der Waals surface area contributed by atoms with E-state index in [9.17, 15) is 0 Å². The molecule has 0 aliphatic rings. The number of nitrogens with zero attached hydrogens (tertiary/aromatic N) is 1. The van der Waals surface area contributed by atoms with Crippen LogP contribution in [0.15, 0.2) is 60.7 Å². The van der Waals surface area contributed by atoms with Crippen molar-refractivity contribution in [2.45, 2.75) is 13.1 Å². The second-order valence-corrected chi connectivity index (χ2v) is 13.5. The number of rotatable bonds is 5. The van der Waals surface area contributed by atoms with E-state index in [1.165, 1.54) is 11.1 Å². The van der Waals surface area contributed by atoms with Gasteiger partial charge >= 0.3 is 0 Å². The highest BCUT2D eigenvalue weighted by Crippen LogP contribution is 2.60. The van der Waals surface area contributed by atoms with Gasteiger partial charge in [0.05, 0.1) is 0 Å². The normalized spacial score (nSPS) is 11.7. The van der Waals surface area contributed by atoms with Crippen LogP contribution in [-0.2, 0) is 24.9 Å². The van der Waals surface area contributed by atoms with Gasteiger partial charge in [-0.05, 0) is 11.1 Å². The molecule has 19 heavy (non-hydrogen) atoms. The summed E-state index contributed by atoms with van der Waals surface area (Å²) in [6, 6.07) is 20.6. The van der Waals surface area contributed by atoms with Crippen molar-refractivity contribution in [1.29, 1.82) is 0 Å². The molecule has 2 aromatic rings. The van der Waals surface area contributed by atoms with Crippen molar-refractivity contribution in [3.8, 4) is 0 Å². The zero-order valence-electron chi connectivity index (χ0n) is 10.4. The maximum Gasteiger partial charge on any atom is 0.115 e. The molecule has 2 rings (SSSR count). The third-order valence-electron chi connectivity index (χ3n) is 2.78. The third kappa shape index (κ3) is 4.97. The highest BCUT2D eigenvalue weighted by molar-refractivity contribution is 8.91. The smallest absolute Gasteiger partial charge is 0.115 e. The van der Waals surface area contributed by atoms with Gasteiger partial charge in [0.2, 0.25) is 0 Å². The van der Waals surface area contributed by atoms with E-state index in [1.807, 2.05) is 36.4 Å². The number of benzene rings is 2. The van der Waals surface area contributed by atoms with Gasteiger partial charge in [-0.3, -0.25) is 4.67 Å². The molecule has 0 atom stereocenters.